The van der Waals surface area contributed by atoms with Crippen LogP contribution in [0.3, 0.4) is 0 Å². The van der Waals surface area contributed by atoms with E-state index < -0.39 is 5.91 Å². The Morgan fingerprint density at radius 1 is 1.21 bits per heavy atom. The number of benzene rings is 2. The summed E-state index contributed by atoms with van der Waals surface area (Å²) in [4.78, 5) is 24.4. The van der Waals surface area contributed by atoms with Crippen molar-refractivity contribution in [2.45, 2.75) is 38.5 Å². The van der Waals surface area contributed by atoms with E-state index in [-0.39, 0.29) is 24.3 Å². The zero-order valence-electron chi connectivity index (χ0n) is 16.3. The molecule has 2 heterocycles. The zero-order chi connectivity index (χ0) is 20.4. The van der Waals surface area contributed by atoms with Gasteiger partial charge in [-0.15, -0.1) is 0 Å². The van der Waals surface area contributed by atoms with Crippen LogP contribution in [0.5, 0.6) is 0 Å². The molecule has 0 aliphatic carbocycles. The number of hydrogen-bond acceptors (Lipinski definition) is 4. The van der Waals surface area contributed by atoms with Crippen LogP contribution in [-0.4, -0.2) is 26.9 Å². The van der Waals surface area contributed by atoms with Crippen molar-refractivity contribution in [2.24, 2.45) is 5.73 Å². The molecule has 3 aromatic rings. The second-order valence-corrected chi connectivity index (χ2v) is 7.20. The van der Waals surface area contributed by atoms with Crippen LogP contribution < -0.4 is 11.4 Å². The lowest BCUT2D eigenvalue weighted by Crippen LogP contribution is -2.26. The van der Waals surface area contributed by atoms with Crippen LogP contribution in [0.1, 0.15) is 52.7 Å². The Balaban J connectivity index is 1.68. The summed E-state index contributed by atoms with van der Waals surface area (Å²) in [6, 6.07) is 17.2. The molecule has 2 N–H and O–H groups in total. The van der Waals surface area contributed by atoms with Gasteiger partial charge < -0.3 is 10.5 Å². The lowest BCUT2D eigenvalue weighted by Gasteiger charge is -2.18. The topological polar surface area (TPSA) is 92.1 Å². The first-order valence-corrected chi connectivity index (χ1v) is 9.81. The van der Waals surface area contributed by atoms with Crippen molar-refractivity contribution in [2.75, 3.05) is 6.61 Å². The van der Waals surface area contributed by atoms with Crippen molar-refractivity contribution >= 4 is 5.91 Å². The van der Waals surface area contributed by atoms with E-state index in [1.807, 2.05) is 31.2 Å². The summed E-state index contributed by atoms with van der Waals surface area (Å²) in [6.07, 6.45) is 0.628. The highest BCUT2D eigenvalue weighted by molar-refractivity contribution is 5.92. The molecule has 7 nitrogen and oxygen atoms in total. The number of rotatable bonds is 6. The van der Waals surface area contributed by atoms with Gasteiger partial charge in [0.2, 0.25) is 5.91 Å². The van der Waals surface area contributed by atoms with E-state index in [1.54, 1.807) is 22.8 Å². The SMILES string of the molecule is CCn1c([C@H]2OCC[C@H]2c2ccccc2)nn(Cc2cccc(C(N)=O)c2)c1=O. The summed E-state index contributed by atoms with van der Waals surface area (Å²) in [6.45, 7) is 3.34. The third-order valence-electron chi connectivity index (χ3n) is 5.39. The fourth-order valence-corrected chi connectivity index (χ4v) is 3.95. The van der Waals surface area contributed by atoms with E-state index in [9.17, 15) is 9.59 Å². The van der Waals surface area contributed by atoms with Crippen LogP contribution in [0, 0.1) is 0 Å². The molecule has 4 rings (SSSR count). The Morgan fingerprint density at radius 2 is 2.00 bits per heavy atom. The third-order valence-corrected chi connectivity index (χ3v) is 5.39. The highest BCUT2D eigenvalue weighted by atomic mass is 16.5. The van der Waals surface area contributed by atoms with Crippen molar-refractivity contribution in [1.29, 1.82) is 0 Å². The molecule has 0 bridgehead atoms. The molecule has 150 valence electrons. The fraction of sp³-hybridized carbons (Fsp3) is 0.318. The van der Waals surface area contributed by atoms with Crippen molar-refractivity contribution < 1.29 is 9.53 Å². The zero-order valence-corrected chi connectivity index (χ0v) is 16.3. The third kappa shape index (κ3) is 3.73. The number of carbonyl (C=O) groups is 1. The molecule has 1 fully saturated rings. The van der Waals surface area contributed by atoms with Gasteiger partial charge in [0.05, 0.1) is 6.54 Å². The number of nitrogens with two attached hydrogens (primary N) is 1. The molecular weight excluding hydrogens is 368 g/mol. The van der Waals surface area contributed by atoms with Crippen LogP contribution in [-0.2, 0) is 17.8 Å². The number of ether oxygens (including phenoxy) is 1. The summed E-state index contributed by atoms with van der Waals surface area (Å²) in [7, 11) is 0. The smallest absolute Gasteiger partial charge is 0.346 e. The molecule has 0 saturated carbocycles. The van der Waals surface area contributed by atoms with Crippen molar-refractivity contribution in [3.63, 3.8) is 0 Å². The van der Waals surface area contributed by atoms with Gasteiger partial charge in [-0.05, 0) is 36.6 Å². The molecule has 2 aromatic carbocycles. The molecule has 1 aromatic heterocycles. The largest absolute Gasteiger partial charge is 0.370 e. The quantitative estimate of drug-likeness (QED) is 0.697. The lowest BCUT2D eigenvalue weighted by molar-refractivity contribution is 0.0934. The molecule has 1 aliphatic rings. The molecule has 1 amide bonds. The summed E-state index contributed by atoms with van der Waals surface area (Å²) >= 11 is 0. The molecule has 0 unspecified atom stereocenters. The minimum absolute atomic E-state index is 0.162. The minimum atomic E-state index is -0.496. The Bertz CT molecular complexity index is 1070. The van der Waals surface area contributed by atoms with Crippen LogP contribution in [0.2, 0.25) is 0 Å². The molecule has 0 radical (unpaired) electrons. The minimum Gasteiger partial charge on any atom is -0.370 e. The molecule has 1 aliphatic heterocycles. The fourth-order valence-electron chi connectivity index (χ4n) is 3.95. The van der Waals surface area contributed by atoms with Crippen molar-refractivity contribution in [3.05, 3.63) is 87.6 Å². The van der Waals surface area contributed by atoms with Gasteiger partial charge in [-0.1, -0.05) is 42.5 Å². The maximum Gasteiger partial charge on any atom is 0.346 e. The van der Waals surface area contributed by atoms with Crippen LogP contribution in [0.15, 0.2) is 59.4 Å². The van der Waals surface area contributed by atoms with Gasteiger partial charge in [0.15, 0.2) is 5.82 Å². The highest BCUT2D eigenvalue weighted by Gasteiger charge is 2.35. The van der Waals surface area contributed by atoms with E-state index in [1.165, 1.54) is 10.2 Å². The molecule has 1 saturated heterocycles. The average molecular weight is 392 g/mol. The average Bonchev–Trinajstić information content (AvgIpc) is 3.34. The highest BCUT2D eigenvalue weighted by Crippen LogP contribution is 2.40. The number of hydrogen-bond donors (Lipinski definition) is 1. The maximum atomic E-state index is 13.0. The second kappa shape index (κ2) is 8.05. The second-order valence-electron chi connectivity index (χ2n) is 7.20. The Morgan fingerprint density at radius 3 is 2.72 bits per heavy atom. The first kappa shape index (κ1) is 19.1. The Kier molecular flexibility index (Phi) is 5.31. The summed E-state index contributed by atoms with van der Waals surface area (Å²) < 4.78 is 9.12. The molecule has 7 heteroatoms. The predicted octanol–water partition coefficient (Wildman–Crippen LogP) is 2.46. The van der Waals surface area contributed by atoms with Gasteiger partial charge in [-0.25, -0.2) is 9.48 Å². The first-order valence-electron chi connectivity index (χ1n) is 9.81. The Labute approximate surface area is 168 Å². The van der Waals surface area contributed by atoms with E-state index in [0.29, 0.717) is 24.5 Å². The van der Waals surface area contributed by atoms with Gasteiger partial charge in [-0.3, -0.25) is 9.36 Å². The van der Waals surface area contributed by atoms with E-state index in [0.717, 1.165) is 12.0 Å². The standard InChI is InChI=1S/C22H24N4O3/c1-2-25-21(19-18(11-12-29-19)16-8-4-3-5-9-16)24-26(22(25)28)14-15-7-6-10-17(13-15)20(23)27/h3-10,13,18-19H,2,11-12,14H2,1H3,(H2,23,27)/t18-,19-/m0/s1. The Hall–Kier alpha value is -3.19. The molecule has 0 spiro atoms. The monoisotopic (exact) mass is 392 g/mol. The van der Waals surface area contributed by atoms with Gasteiger partial charge in [0, 0.05) is 24.6 Å². The summed E-state index contributed by atoms with van der Waals surface area (Å²) in [5.41, 5.74) is 7.57. The van der Waals surface area contributed by atoms with Gasteiger partial charge in [0.1, 0.15) is 6.10 Å². The van der Waals surface area contributed by atoms with E-state index in [4.69, 9.17) is 10.5 Å². The summed E-state index contributed by atoms with van der Waals surface area (Å²) in [5.74, 6) is 0.314. The number of primary amides is 1. The maximum absolute atomic E-state index is 13.0. The molecule has 2 atom stereocenters. The molecular formula is C22H24N4O3. The summed E-state index contributed by atoms with van der Waals surface area (Å²) in [5, 5.41) is 4.63. The van der Waals surface area contributed by atoms with Crippen LogP contribution in [0.25, 0.3) is 0 Å². The number of nitrogens with zero attached hydrogens (tertiary/aromatic N) is 3. The number of carbonyl (C=O) groups excluding carboxylic acids is 1. The van der Waals surface area contributed by atoms with Crippen LogP contribution in [0.4, 0.5) is 0 Å². The van der Waals surface area contributed by atoms with Gasteiger partial charge in [-0.2, -0.15) is 5.10 Å². The van der Waals surface area contributed by atoms with E-state index in [2.05, 4.69) is 17.2 Å². The lowest BCUT2D eigenvalue weighted by atomic mass is 9.92. The van der Waals surface area contributed by atoms with Crippen molar-refractivity contribution in [1.82, 2.24) is 14.3 Å². The number of aromatic nitrogens is 3. The van der Waals surface area contributed by atoms with Gasteiger partial charge in [0.25, 0.3) is 0 Å². The van der Waals surface area contributed by atoms with Gasteiger partial charge >= 0.3 is 5.69 Å². The predicted molar refractivity (Wildman–Crippen MR) is 109 cm³/mol. The first-order chi connectivity index (χ1) is 14.1. The molecule has 29 heavy (non-hydrogen) atoms. The van der Waals surface area contributed by atoms with Crippen molar-refractivity contribution in [3.8, 4) is 0 Å². The number of amides is 1. The van der Waals surface area contributed by atoms with E-state index >= 15 is 0 Å². The normalized spacial score (nSPS) is 18.8. The van der Waals surface area contributed by atoms with Crippen LogP contribution >= 0.6 is 0 Å².